The lowest BCUT2D eigenvalue weighted by atomic mass is 10.3. The Morgan fingerprint density at radius 3 is 2.60 bits per heavy atom. The lowest BCUT2D eigenvalue weighted by Crippen LogP contribution is -2.20. The molecule has 2 aromatic carbocycles. The number of nitrogens with one attached hydrogen (secondary N) is 1. The van der Waals surface area contributed by atoms with Crippen LogP contribution < -0.4 is 10.1 Å². The SMILES string of the molecule is O=C(COc1ccc(Br)cc1)Nc1ccc(I)cc1F. The summed E-state index contributed by atoms with van der Waals surface area (Å²) in [6, 6.07) is 11.7. The average molecular weight is 450 g/mol. The lowest BCUT2D eigenvalue weighted by molar-refractivity contribution is -0.118. The van der Waals surface area contributed by atoms with Crippen LogP contribution in [0.1, 0.15) is 0 Å². The largest absolute Gasteiger partial charge is 0.484 e. The van der Waals surface area contributed by atoms with E-state index in [0.29, 0.717) is 5.75 Å². The highest BCUT2D eigenvalue weighted by molar-refractivity contribution is 14.1. The van der Waals surface area contributed by atoms with Crippen molar-refractivity contribution in [2.75, 3.05) is 11.9 Å². The van der Waals surface area contributed by atoms with Crippen LogP contribution in [0.25, 0.3) is 0 Å². The van der Waals surface area contributed by atoms with Gasteiger partial charge in [0.15, 0.2) is 6.61 Å². The van der Waals surface area contributed by atoms with Crippen molar-refractivity contribution in [2.24, 2.45) is 0 Å². The smallest absolute Gasteiger partial charge is 0.262 e. The molecule has 0 unspecified atom stereocenters. The van der Waals surface area contributed by atoms with Crippen molar-refractivity contribution < 1.29 is 13.9 Å². The van der Waals surface area contributed by atoms with Gasteiger partial charge in [-0.25, -0.2) is 4.39 Å². The van der Waals surface area contributed by atoms with Crippen LogP contribution in [0.3, 0.4) is 0 Å². The molecule has 20 heavy (non-hydrogen) atoms. The van der Waals surface area contributed by atoms with Crippen LogP contribution in [0.2, 0.25) is 0 Å². The van der Waals surface area contributed by atoms with Crippen LogP contribution in [0.5, 0.6) is 5.75 Å². The summed E-state index contributed by atoms with van der Waals surface area (Å²) in [7, 11) is 0. The number of anilines is 1. The molecule has 6 heteroatoms. The van der Waals surface area contributed by atoms with Gasteiger partial charge < -0.3 is 10.1 Å². The molecule has 2 aromatic rings. The maximum absolute atomic E-state index is 13.6. The van der Waals surface area contributed by atoms with Crippen molar-refractivity contribution >= 4 is 50.1 Å². The van der Waals surface area contributed by atoms with Gasteiger partial charge in [0.2, 0.25) is 0 Å². The highest BCUT2D eigenvalue weighted by Crippen LogP contribution is 2.18. The number of carbonyl (C=O) groups is 1. The molecule has 0 bridgehead atoms. The first kappa shape index (κ1) is 15.2. The molecule has 0 aliphatic rings. The van der Waals surface area contributed by atoms with E-state index in [1.165, 1.54) is 12.1 Å². The average Bonchev–Trinajstić information content (AvgIpc) is 2.41. The molecular weight excluding hydrogens is 440 g/mol. The molecule has 0 saturated carbocycles. The van der Waals surface area contributed by atoms with E-state index in [-0.39, 0.29) is 12.3 Å². The molecule has 104 valence electrons. The molecule has 0 aromatic heterocycles. The van der Waals surface area contributed by atoms with E-state index in [1.807, 2.05) is 34.7 Å². The minimum absolute atomic E-state index is 0.148. The summed E-state index contributed by atoms with van der Waals surface area (Å²) in [5.74, 6) is -0.298. The van der Waals surface area contributed by atoms with Crippen LogP contribution in [0.15, 0.2) is 46.9 Å². The lowest BCUT2D eigenvalue weighted by Gasteiger charge is -2.08. The first-order valence-electron chi connectivity index (χ1n) is 5.68. The molecule has 2 rings (SSSR count). The van der Waals surface area contributed by atoms with Crippen molar-refractivity contribution in [1.29, 1.82) is 0 Å². The summed E-state index contributed by atoms with van der Waals surface area (Å²) >= 11 is 5.31. The molecule has 0 aliphatic carbocycles. The van der Waals surface area contributed by atoms with E-state index in [2.05, 4.69) is 21.2 Å². The zero-order valence-corrected chi connectivity index (χ0v) is 13.9. The first-order valence-corrected chi connectivity index (χ1v) is 7.55. The van der Waals surface area contributed by atoms with Gasteiger partial charge in [0, 0.05) is 8.04 Å². The normalized spacial score (nSPS) is 10.2. The summed E-state index contributed by atoms with van der Waals surface area (Å²) in [4.78, 5) is 11.7. The second-order valence-electron chi connectivity index (χ2n) is 3.91. The minimum atomic E-state index is -0.464. The molecule has 1 N–H and O–H groups in total. The van der Waals surface area contributed by atoms with Crippen LogP contribution in [-0.2, 0) is 4.79 Å². The number of hydrogen-bond donors (Lipinski definition) is 1. The highest BCUT2D eigenvalue weighted by Gasteiger charge is 2.08. The second kappa shape index (κ2) is 7.03. The predicted octanol–water partition coefficient (Wildman–Crippen LogP) is 4.21. The van der Waals surface area contributed by atoms with Gasteiger partial charge in [-0.3, -0.25) is 4.79 Å². The van der Waals surface area contributed by atoms with Gasteiger partial charge in [-0.1, -0.05) is 15.9 Å². The minimum Gasteiger partial charge on any atom is -0.484 e. The molecule has 0 radical (unpaired) electrons. The quantitative estimate of drug-likeness (QED) is 0.710. The third-order valence-corrected chi connectivity index (χ3v) is 3.59. The zero-order chi connectivity index (χ0) is 14.5. The van der Waals surface area contributed by atoms with Crippen molar-refractivity contribution in [3.05, 3.63) is 56.3 Å². The summed E-state index contributed by atoms with van der Waals surface area (Å²) < 4.78 is 20.5. The third-order valence-electron chi connectivity index (χ3n) is 2.39. The fourth-order valence-electron chi connectivity index (χ4n) is 1.46. The Kier molecular flexibility index (Phi) is 5.36. The fourth-order valence-corrected chi connectivity index (χ4v) is 2.17. The number of ether oxygens (including phenoxy) is 1. The van der Waals surface area contributed by atoms with Crippen LogP contribution >= 0.6 is 38.5 Å². The fraction of sp³-hybridized carbons (Fsp3) is 0.0714. The van der Waals surface area contributed by atoms with Gasteiger partial charge >= 0.3 is 0 Å². The Hall–Kier alpha value is -1.15. The van der Waals surface area contributed by atoms with E-state index in [0.717, 1.165) is 8.04 Å². The topological polar surface area (TPSA) is 38.3 Å². The molecule has 0 heterocycles. The van der Waals surface area contributed by atoms with Crippen molar-refractivity contribution in [2.45, 2.75) is 0 Å². The summed E-state index contributed by atoms with van der Waals surface area (Å²) in [6.45, 7) is -0.174. The number of benzene rings is 2. The number of halogens is 3. The third kappa shape index (κ3) is 4.45. The second-order valence-corrected chi connectivity index (χ2v) is 6.08. The molecule has 3 nitrogen and oxygen atoms in total. The highest BCUT2D eigenvalue weighted by atomic mass is 127. The molecule has 0 fully saturated rings. The molecule has 0 atom stereocenters. The van der Waals surface area contributed by atoms with Crippen LogP contribution in [0, 0.1) is 9.39 Å². The van der Waals surface area contributed by atoms with E-state index < -0.39 is 11.7 Å². The van der Waals surface area contributed by atoms with E-state index in [1.54, 1.807) is 18.2 Å². The number of amides is 1. The van der Waals surface area contributed by atoms with Crippen molar-refractivity contribution in [1.82, 2.24) is 0 Å². The van der Waals surface area contributed by atoms with E-state index >= 15 is 0 Å². The maximum Gasteiger partial charge on any atom is 0.262 e. The molecule has 1 amide bonds. The summed E-state index contributed by atoms with van der Waals surface area (Å²) in [5.41, 5.74) is 0.148. The Morgan fingerprint density at radius 1 is 1.25 bits per heavy atom. The number of hydrogen-bond acceptors (Lipinski definition) is 2. The van der Waals surface area contributed by atoms with E-state index in [4.69, 9.17) is 4.74 Å². The van der Waals surface area contributed by atoms with Gasteiger partial charge in [-0.2, -0.15) is 0 Å². The first-order chi connectivity index (χ1) is 9.54. The van der Waals surface area contributed by atoms with Crippen molar-refractivity contribution in [3.63, 3.8) is 0 Å². The molecule has 0 aliphatic heterocycles. The van der Waals surface area contributed by atoms with E-state index in [9.17, 15) is 9.18 Å². The zero-order valence-electron chi connectivity index (χ0n) is 10.2. The Balaban J connectivity index is 1.90. The summed E-state index contributed by atoms with van der Waals surface area (Å²) in [5, 5.41) is 2.47. The molecular formula is C14H10BrFINO2. The molecule has 0 spiro atoms. The van der Waals surface area contributed by atoms with Gasteiger partial charge in [0.25, 0.3) is 5.91 Å². The predicted molar refractivity (Wildman–Crippen MR) is 87.4 cm³/mol. The summed E-state index contributed by atoms with van der Waals surface area (Å²) in [6.07, 6.45) is 0. The number of carbonyl (C=O) groups excluding carboxylic acids is 1. The molecule has 0 saturated heterocycles. The van der Waals surface area contributed by atoms with Gasteiger partial charge in [-0.15, -0.1) is 0 Å². The Bertz CT molecular complexity index is 619. The number of rotatable bonds is 4. The van der Waals surface area contributed by atoms with Crippen LogP contribution in [-0.4, -0.2) is 12.5 Å². The Morgan fingerprint density at radius 2 is 1.95 bits per heavy atom. The van der Waals surface area contributed by atoms with Gasteiger partial charge in [0.05, 0.1) is 5.69 Å². The standard InChI is InChI=1S/C14H10BrFINO2/c15-9-1-4-11(5-2-9)20-8-14(19)18-13-6-3-10(17)7-12(13)16/h1-7H,8H2,(H,18,19). The maximum atomic E-state index is 13.6. The monoisotopic (exact) mass is 449 g/mol. The van der Waals surface area contributed by atoms with Gasteiger partial charge in [-0.05, 0) is 65.1 Å². The Labute approximate surface area is 137 Å². The van der Waals surface area contributed by atoms with Crippen LogP contribution in [0.4, 0.5) is 10.1 Å². The van der Waals surface area contributed by atoms with Gasteiger partial charge in [0.1, 0.15) is 11.6 Å². The van der Waals surface area contributed by atoms with Crippen molar-refractivity contribution in [3.8, 4) is 5.75 Å².